The van der Waals surface area contributed by atoms with E-state index >= 15 is 0 Å². The normalized spacial score (nSPS) is 22.9. The number of piperidine rings is 1. The third kappa shape index (κ3) is 3.41. The SMILES string of the molecule is CC(NC1CCN(C2CC2)CC1)c1ccc(Br)cc1F. The van der Waals surface area contributed by atoms with Crippen LogP contribution in [0.15, 0.2) is 22.7 Å². The summed E-state index contributed by atoms with van der Waals surface area (Å²) in [6.45, 7) is 4.44. The first-order valence-corrected chi connectivity index (χ1v) is 8.38. The maximum absolute atomic E-state index is 14.0. The van der Waals surface area contributed by atoms with Gasteiger partial charge in [-0.3, -0.25) is 0 Å². The Morgan fingerprint density at radius 2 is 1.95 bits per heavy atom. The van der Waals surface area contributed by atoms with Crippen molar-refractivity contribution in [2.24, 2.45) is 0 Å². The first-order valence-electron chi connectivity index (χ1n) is 7.58. The average Bonchev–Trinajstić information content (AvgIpc) is 3.23. The molecule has 1 aliphatic heterocycles. The summed E-state index contributed by atoms with van der Waals surface area (Å²) >= 11 is 3.30. The number of hydrogen-bond donors (Lipinski definition) is 1. The van der Waals surface area contributed by atoms with Crippen LogP contribution >= 0.6 is 15.9 Å². The van der Waals surface area contributed by atoms with Crippen molar-refractivity contribution in [3.8, 4) is 0 Å². The second-order valence-electron chi connectivity index (χ2n) is 6.10. The van der Waals surface area contributed by atoms with Crippen LogP contribution in [0, 0.1) is 5.82 Å². The first-order chi connectivity index (χ1) is 9.63. The van der Waals surface area contributed by atoms with Gasteiger partial charge in [0.1, 0.15) is 5.82 Å². The molecular formula is C16H22BrFN2. The summed E-state index contributed by atoms with van der Waals surface area (Å²) in [5.41, 5.74) is 0.762. The summed E-state index contributed by atoms with van der Waals surface area (Å²) in [4.78, 5) is 2.61. The Balaban J connectivity index is 1.54. The summed E-state index contributed by atoms with van der Waals surface area (Å²) in [5, 5.41) is 3.59. The Morgan fingerprint density at radius 3 is 2.55 bits per heavy atom. The Bertz CT molecular complexity index is 468. The van der Waals surface area contributed by atoms with Crippen LogP contribution in [0.25, 0.3) is 0 Å². The zero-order chi connectivity index (χ0) is 14.1. The van der Waals surface area contributed by atoms with Gasteiger partial charge < -0.3 is 10.2 Å². The summed E-state index contributed by atoms with van der Waals surface area (Å²) in [6.07, 6.45) is 5.13. The number of nitrogens with zero attached hydrogens (tertiary/aromatic N) is 1. The van der Waals surface area contributed by atoms with Crippen molar-refractivity contribution < 1.29 is 4.39 Å². The Kier molecular flexibility index (Phi) is 4.43. The number of halogens is 2. The van der Waals surface area contributed by atoms with E-state index in [-0.39, 0.29) is 11.9 Å². The van der Waals surface area contributed by atoms with E-state index in [1.165, 1.54) is 38.8 Å². The van der Waals surface area contributed by atoms with Crippen LogP contribution in [0.3, 0.4) is 0 Å². The van der Waals surface area contributed by atoms with E-state index in [1.54, 1.807) is 6.07 Å². The van der Waals surface area contributed by atoms with Crippen LogP contribution in [-0.4, -0.2) is 30.1 Å². The molecule has 1 heterocycles. The van der Waals surface area contributed by atoms with Crippen molar-refractivity contribution in [1.82, 2.24) is 10.2 Å². The predicted molar refractivity (Wildman–Crippen MR) is 83.3 cm³/mol. The lowest BCUT2D eigenvalue weighted by atomic mass is 10.0. The molecule has 1 saturated carbocycles. The van der Waals surface area contributed by atoms with Crippen molar-refractivity contribution in [1.29, 1.82) is 0 Å². The summed E-state index contributed by atoms with van der Waals surface area (Å²) in [6, 6.07) is 6.78. The van der Waals surface area contributed by atoms with Gasteiger partial charge in [0, 0.05) is 28.2 Å². The van der Waals surface area contributed by atoms with Gasteiger partial charge in [-0.25, -0.2) is 4.39 Å². The van der Waals surface area contributed by atoms with E-state index in [9.17, 15) is 4.39 Å². The third-order valence-electron chi connectivity index (χ3n) is 4.51. The van der Waals surface area contributed by atoms with Gasteiger partial charge in [-0.15, -0.1) is 0 Å². The molecule has 0 amide bonds. The molecule has 2 nitrogen and oxygen atoms in total. The lowest BCUT2D eigenvalue weighted by molar-refractivity contribution is 0.184. The van der Waals surface area contributed by atoms with Crippen LogP contribution < -0.4 is 5.32 Å². The van der Waals surface area contributed by atoms with E-state index in [1.807, 2.05) is 12.1 Å². The van der Waals surface area contributed by atoms with Gasteiger partial charge in [0.05, 0.1) is 0 Å². The van der Waals surface area contributed by atoms with Gasteiger partial charge in [-0.1, -0.05) is 22.0 Å². The van der Waals surface area contributed by atoms with Gasteiger partial charge in [-0.05, 0) is 57.8 Å². The predicted octanol–water partition coefficient (Wildman–Crippen LogP) is 3.87. The molecule has 1 atom stereocenters. The monoisotopic (exact) mass is 340 g/mol. The lowest BCUT2D eigenvalue weighted by Crippen LogP contribution is -2.44. The quantitative estimate of drug-likeness (QED) is 0.895. The van der Waals surface area contributed by atoms with E-state index in [0.717, 1.165) is 16.1 Å². The maximum Gasteiger partial charge on any atom is 0.129 e. The highest BCUT2D eigenvalue weighted by Gasteiger charge is 2.32. The van der Waals surface area contributed by atoms with Crippen molar-refractivity contribution in [2.75, 3.05) is 13.1 Å². The molecule has 0 spiro atoms. The fraction of sp³-hybridized carbons (Fsp3) is 0.625. The number of likely N-dealkylation sites (tertiary alicyclic amines) is 1. The number of hydrogen-bond acceptors (Lipinski definition) is 2. The second kappa shape index (κ2) is 6.12. The Labute approximate surface area is 128 Å². The van der Waals surface area contributed by atoms with Crippen LogP contribution in [-0.2, 0) is 0 Å². The number of benzene rings is 1. The Hall–Kier alpha value is -0.450. The lowest BCUT2D eigenvalue weighted by Gasteiger charge is -2.34. The van der Waals surface area contributed by atoms with Gasteiger partial charge >= 0.3 is 0 Å². The number of nitrogens with one attached hydrogen (secondary N) is 1. The molecule has 4 heteroatoms. The van der Waals surface area contributed by atoms with Gasteiger partial charge in [0.25, 0.3) is 0 Å². The average molecular weight is 341 g/mol. The molecule has 1 aromatic rings. The fourth-order valence-electron chi connectivity index (χ4n) is 3.17. The highest BCUT2D eigenvalue weighted by atomic mass is 79.9. The molecule has 20 heavy (non-hydrogen) atoms. The molecule has 1 aliphatic carbocycles. The molecule has 0 bridgehead atoms. The zero-order valence-electron chi connectivity index (χ0n) is 11.9. The van der Waals surface area contributed by atoms with Crippen LogP contribution in [0.2, 0.25) is 0 Å². The maximum atomic E-state index is 14.0. The summed E-state index contributed by atoms with van der Waals surface area (Å²) < 4.78 is 14.7. The molecule has 1 unspecified atom stereocenters. The number of rotatable bonds is 4. The Morgan fingerprint density at radius 1 is 1.25 bits per heavy atom. The van der Waals surface area contributed by atoms with Crippen LogP contribution in [0.5, 0.6) is 0 Å². The van der Waals surface area contributed by atoms with Crippen LogP contribution in [0.4, 0.5) is 4.39 Å². The minimum atomic E-state index is -0.130. The fourth-order valence-corrected chi connectivity index (χ4v) is 3.50. The molecule has 0 aromatic heterocycles. The smallest absolute Gasteiger partial charge is 0.129 e. The van der Waals surface area contributed by atoms with Gasteiger partial charge in [0.2, 0.25) is 0 Å². The minimum absolute atomic E-state index is 0.0700. The van der Waals surface area contributed by atoms with E-state index in [2.05, 4.69) is 33.1 Å². The highest BCUT2D eigenvalue weighted by Crippen LogP contribution is 2.30. The first kappa shape index (κ1) is 14.5. The topological polar surface area (TPSA) is 15.3 Å². The minimum Gasteiger partial charge on any atom is -0.307 e. The molecule has 1 aromatic carbocycles. The van der Waals surface area contributed by atoms with E-state index < -0.39 is 0 Å². The third-order valence-corrected chi connectivity index (χ3v) is 5.00. The highest BCUT2D eigenvalue weighted by molar-refractivity contribution is 9.10. The molecule has 1 saturated heterocycles. The molecule has 0 radical (unpaired) electrons. The van der Waals surface area contributed by atoms with Crippen LogP contribution in [0.1, 0.15) is 44.2 Å². The summed E-state index contributed by atoms with van der Waals surface area (Å²) in [7, 11) is 0. The van der Waals surface area contributed by atoms with Crippen molar-refractivity contribution in [2.45, 2.75) is 50.7 Å². The van der Waals surface area contributed by atoms with Crippen molar-refractivity contribution in [3.63, 3.8) is 0 Å². The zero-order valence-corrected chi connectivity index (χ0v) is 13.5. The summed E-state index contributed by atoms with van der Waals surface area (Å²) in [5.74, 6) is -0.130. The molecule has 2 aliphatic rings. The standard InChI is InChI=1S/C16H22BrFN2/c1-11(15-5-2-12(17)10-16(15)18)19-13-6-8-20(9-7-13)14-3-4-14/h2,5,10-11,13-14,19H,3-4,6-9H2,1H3. The molecule has 110 valence electrons. The van der Waals surface area contributed by atoms with E-state index in [4.69, 9.17) is 0 Å². The molecular weight excluding hydrogens is 319 g/mol. The van der Waals surface area contributed by atoms with Crippen molar-refractivity contribution >= 4 is 15.9 Å². The van der Waals surface area contributed by atoms with Gasteiger partial charge in [0.15, 0.2) is 0 Å². The molecule has 1 N–H and O–H groups in total. The largest absolute Gasteiger partial charge is 0.307 e. The van der Waals surface area contributed by atoms with Gasteiger partial charge in [-0.2, -0.15) is 0 Å². The second-order valence-corrected chi connectivity index (χ2v) is 7.01. The van der Waals surface area contributed by atoms with E-state index in [0.29, 0.717) is 6.04 Å². The molecule has 2 fully saturated rings. The van der Waals surface area contributed by atoms with Crippen molar-refractivity contribution in [3.05, 3.63) is 34.1 Å². The molecule has 3 rings (SSSR count).